The van der Waals surface area contributed by atoms with Gasteiger partial charge in [0.2, 0.25) is 10.0 Å². The Hall–Kier alpha value is -1.14. The molecule has 3 N–H and O–H groups in total. The number of hydrogen-bond acceptors (Lipinski definition) is 3. The lowest BCUT2D eigenvalue weighted by atomic mass is 10.0. The van der Waals surface area contributed by atoms with Gasteiger partial charge in [0, 0.05) is 6.04 Å². The fourth-order valence-corrected chi connectivity index (χ4v) is 3.64. The molecule has 0 saturated heterocycles. The SMILES string of the molecule is CCC(NS(=O)(=O)c1cc(N)c(F)cc1C)C(C)C. The molecular formula is C13H21FN2O2S. The largest absolute Gasteiger partial charge is 0.396 e. The van der Waals surface area contributed by atoms with E-state index in [9.17, 15) is 12.8 Å². The van der Waals surface area contributed by atoms with Gasteiger partial charge in [0.1, 0.15) is 5.82 Å². The average Bonchev–Trinajstić information content (AvgIpc) is 2.30. The first-order valence-corrected chi connectivity index (χ1v) is 7.75. The summed E-state index contributed by atoms with van der Waals surface area (Å²) in [5.41, 5.74) is 5.62. The van der Waals surface area contributed by atoms with Crippen LogP contribution in [0, 0.1) is 18.7 Å². The van der Waals surface area contributed by atoms with E-state index in [1.165, 1.54) is 6.07 Å². The Morgan fingerprint density at radius 2 is 1.95 bits per heavy atom. The zero-order valence-corrected chi connectivity index (χ0v) is 12.5. The summed E-state index contributed by atoms with van der Waals surface area (Å²) < 4.78 is 40.5. The number of nitrogen functional groups attached to an aromatic ring is 1. The lowest BCUT2D eigenvalue weighted by Crippen LogP contribution is -2.38. The van der Waals surface area contributed by atoms with Crippen molar-refractivity contribution in [3.05, 3.63) is 23.5 Å². The number of sulfonamides is 1. The summed E-state index contributed by atoms with van der Waals surface area (Å²) in [5.74, 6) is -0.426. The highest BCUT2D eigenvalue weighted by atomic mass is 32.2. The van der Waals surface area contributed by atoms with Crippen molar-refractivity contribution in [1.82, 2.24) is 4.72 Å². The summed E-state index contributed by atoms with van der Waals surface area (Å²) in [5, 5.41) is 0. The van der Waals surface area contributed by atoms with E-state index in [4.69, 9.17) is 5.73 Å². The lowest BCUT2D eigenvalue weighted by Gasteiger charge is -2.21. The third-order valence-corrected chi connectivity index (χ3v) is 4.77. The number of hydrogen-bond donors (Lipinski definition) is 2. The molecule has 0 spiro atoms. The van der Waals surface area contributed by atoms with Crippen LogP contribution in [0.1, 0.15) is 32.8 Å². The minimum absolute atomic E-state index is 0.0329. The summed E-state index contributed by atoms with van der Waals surface area (Å²) in [6, 6.07) is 2.15. The molecule has 0 aromatic heterocycles. The normalized spacial score (nSPS) is 13.8. The van der Waals surface area contributed by atoms with Gasteiger partial charge in [0.25, 0.3) is 0 Å². The van der Waals surface area contributed by atoms with Crippen LogP contribution in [-0.4, -0.2) is 14.5 Å². The first-order chi connectivity index (χ1) is 8.69. The maximum absolute atomic E-state index is 13.3. The summed E-state index contributed by atoms with van der Waals surface area (Å²) in [6.07, 6.45) is 0.687. The second-order valence-electron chi connectivity index (χ2n) is 5.02. The van der Waals surface area contributed by atoms with E-state index in [2.05, 4.69) is 4.72 Å². The van der Waals surface area contributed by atoms with Gasteiger partial charge < -0.3 is 5.73 Å². The summed E-state index contributed by atoms with van der Waals surface area (Å²) >= 11 is 0. The Morgan fingerprint density at radius 1 is 1.37 bits per heavy atom. The molecule has 0 bridgehead atoms. The van der Waals surface area contributed by atoms with Crippen LogP contribution in [0.4, 0.5) is 10.1 Å². The maximum atomic E-state index is 13.3. The highest BCUT2D eigenvalue weighted by Gasteiger charge is 2.23. The van der Waals surface area contributed by atoms with Crippen molar-refractivity contribution in [3.63, 3.8) is 0 Å². The number of rotatable bonds is 5. The van der Waals surface area contributed by atoms with E-state index < -0.39 is 15.8 Å². The van der Waals surface area contributed by atoms with E-state index in [1.54, 1.807) is 6.92 Å². The molecule has 0 heterocycles. The predicted molar refractivity (Wildman–Crippen MR) is 74.8 cm³/mol. The van der Waals surface area contributed by atoms with E-state index in [-0.39, 0.29) is 22.5 Å². The standard InChI is InChI=1S/C13H21FN2O2S/c1-5-12(8(2)3)16-19(17,18)13-7-11(15)10(14)6-9(13)4/h6-8,12,16H,5,15H2,1-4H3. The molecule has 0 aliphatic heterocycles. The zero-order chi connectivity index (χ0) is 14.8. The molecule has 0 amide bonds. The summed E-state index contributed by atoms with van der Waals surface area (Å²) in [7, 11) is -3.68. The van der Waals surface area contributed by atoms with Crippen molar-refractivity contribution in [2.45, 2.75) is 45.1 Å². The first kappa shape index (κ1) is 15.9. The molecule has 19 heavy (non-hydrogen) atoms. The van der Waals surface area contributed by atoms with Crippen LogP contribution in [0.15, 0.2) is 17.0 Å². The minimum Gasteiger partial charge on any atom is -0.396 e. The van der Waals surface area contributed by atoms with Crippen LogP contribution in [0.25, 0.3) is 0 Å². The monoisotopic (exact) mass is 288 g/mol. The minimum atomic E-state index is -3.68. The molecule has 0 saturated carbocycles. The topological polar surface area (TPSA) is 72.2 Å². The number of anilines is 1. The van der Waals surface area contributed by atoms with Crippen molar-refractivity contribution < 1.29 is 12.8 Å². The molecule has 0 aliphatic carbocycles. The molecule has 108 valence electrons. The van der Waals surface area contributed by atoms with Gasteiger partial charge in [0.05, 0.1) is 10.6 Å². The molecule has 0 radical (unpaired) electrons. The highest BCUT2D eigenvalue weighted by Crippen LogP contribution is 2.22. The summed E-state index contributed by atoms with van der Waals surface area (Å²) in [6.45, 7) is 7.36. The molecule has 1 atom stereocenters. The quantitative estimate of drug-likeness (QED) is 0.817. The highest BCUT2D eigenvalue weighted by molar-refractivity contribution is 7.89. The Balaban J connectivity index is 3.17. The zero-order valence-electron chi connectivity index (χ0n) is 11.7. The Morgan fingerprint density at radius 3 is 2.42 bits per heavy atom. The molecule has 4 nitrogen and oxygen atoms in total. The second-order valence-corrected chi connectivity index (χ2v) is 6.70. The molecule has 0 aliphatic rings. The van der Waals surface area contributed by atoms with Crippen molar-refractivity contribution in [1.29, 1.82) is 0 Å². The van der Waals surface area contributed by atoms with Crippen LogP contribution in [0.2, 0.25) is 0 Å². The van der Waals surface area contributed by atoms with E-state index in [0.717, 1.165) is 6.07 Å². The van der Waals surface area contributed by atoms with Crippen molar-refractivity contribution in [2.24, 2.45) is 5.92 Å². The predicted octanol–water partition coefficient (Wildman–Crippen LogP) is 2.43. The van der Waals surface area contributed by atoms with Crippen LogP contribution in [-0.2, 0) is 10.0 Å². The number of aryl methyl sites for hydroxylation is 1. The molecule has 6 heteroatoms. The van der Waals surface area contributed by atoms with E-state index in [0.29, 0.717) is 12.0 Å². The van der Waals surface area contributed by atoms with Gasteiger partial charge in [-0.25, -0.2) is 17.5 Å². The Kier molecular flexibility index (Phi) is 4.92. The third-order valence-electron chi connectivity index (χ3n) is 3.13. The van der Waals surface area contributed by atoms with Crippen molar-refractivity contribution in [3.8, 4) is 0 Å². The van der Waals surface area contributed by atoms with Gasteiger partial charge in [0.15, 0.2) is 0 Å². The first-order valence-electron chi connectivity index (χ1n) is 6.27. The summed E-state index contributed by atoms with van der Waals surface area (Å²) in [4.78, 5) is 0.0329. The fraction of sp³-hybridized carbons (Fsp3) is 0.538. The van der Waals surface area contributed by atoms with Crippen LogP contribution in [0.5, 0.6) is 0 Å². The van der Waals surface area contributed by atoms with Crippen LogP contribution < -0.4 is 10.5 Å². The molecule has 1 rings (SSSR count). The van der Waals surface area contributed by atoms with E-state index >= 15 is 0 Å². The van der Waals surface area contributed by atoms with Crippen LogP contribution >= 0.6 is 0 Å². The van der Waals surface area contributed by atoms with Gasteiger partial charge in [-0.15, -0.1) is 0 Å². The average molecular weight is 288 g/mol. The second kappa shape index (κ2) is 5.88. The maximum Gasteiger partial charge on any atom is 0.241 e. The van der Waals surface area contributed by atoms with Gasteiger partial charge in [-0.05, 0) is 37.0 Å². The van der Waals surface area contributed by atoms with Gasteiger partial charge in [-0.3, -0.25) is 0 Å². The fourth-order valence-electron chi connectivity index (χ4n) is 1.91. The van der Waals surface area contributed by atoms with Gasteiger partial charge in [-0.1, -0.05) is 20.8 Å². The number of nitrogens with one attached hydrogen (secondary N) is 1. The van der Waals surface area contributed by atoms with Crippen LogP contribution in [0.3, 0.4) is 0 Å². The number of nitrogens with two attached hydrogens (primary N) is 1. The molecule has 1 aromatic carbocycles. The molecule has 1 aromatic rings. The number of halogens is 1. The third kappa shape index (κ3) is 3.67. The van der Waals surface area contributed by atoms with Gasteiger partial charge in [-0.2, -0.15) is 0 Å². The van der Waals surface area contributed by atoms with E-state index in [1.807, 2.05) is 20.8 Å². The van der Waals surface area contributed by atoms with Crippen molar-refractivity contribution in [2.75, 3.05) is 5.73 Å². The molecule has 1 unspecified atom stereocenters. The Bertz CT molecular complexity index is 556. The smallest absolute Gasteiger partial charge is 0.241 e. The lowest BCUT2D eigenvalue weighted by molar-refractivity contribution is 0.437. The molecule has 0 fully saturated rings. The Labute approximate surface area is 114 Å². The molecular weight excluding hydrogens is 267 g/mol. The number of benzene rings is 1. The van der Waals surface area contributed by atoms with Crippen molar-refractivity contribution >= 4 is 15.7 Å². The van der Waals surface area contributed by atoms with Gasteiger partial charge >= 0.3 is 0 Å².